The van der Waals surface area contributed by atoms with Crippen molar-refractivity contribution in [3.63, 3.8) is 0 Å². The SMILES string of the molecule is C=CC1CCC(CC(F)(F)OCc2ccc(C)cc2)CC1. The highest BCUT2D eigenvalue weighted by Crippen LogP contribution is 2.36. The predicted molar refractivity (Wildman–Crippen MR) is 81.2 cm³/mol. The van der Waals surface area contributed by atoms with Gasteiger partial charge in [0.15, 0.2) is 0 Å². The van der Waals surface area contributed by atoms with Crippen molar-refractivity contribution >= 4 is 0 Å². The van der Waals surface area contributed by atoms with Gasteiger partial charge in [-0.15, -0.1) is 6.58 Å². The maximum atomic E-state index is 13.9. The van der Waals surface area contributed by atoms with E-state index in [1.165, 1.54) is 0 Å². The first-order chi connectivity index (χ1) is 9.98. The van der Waals surface area contributed by atoms with Crippen LogP contribution in [0.4, 0.5) is 8.78 Å². The summed E-state index contributed by atoms with van der Waals surface area (Å²) in [6.45, 7) is 5.72. The molecule has 0 unspecified atom stereocenters. The molecule has 1 aromatic carbocycles. The van der Waals surface area contributed by atoms with E-state index >= 15 is 0 Å². The van der Waals surface area contributed by atoms with E-state index in [1.807, 2.05) is 37.3 Å². The van der Waals surface area contributed by atoms with Crippen molar-refractivity contribution in [1.82, 2.24) is 0 Å². The first-order valence-electron chi connectivity index (χ1n) is 7.68. The van der Waals surface area contributed by atoms with Crippen LogP contribution in [0.25, 0.3) is 0 Å². The molecule has 1 aliphatic carbocycles. The third kappa shape index (κ3) is 5.24. The molecule has 1 aromatic rings. The Morgan fingerprint density at radius 1 is 1.19 bits per heavy atom. The lowest BCUT2D eigenvalue weighted by atomic mass is 9.80. The molecule has 3 heteroatoms. The summed E-state index contributed by atoms with van der Waals surface area (Å²) in [5.74, 6) is 0.567. The van der Waals surface area contributed by atoms with Gasteiger partial charge < -0.3 is 4.74 Å². The van der Waals surface area contributed by atoms with Crippen molar-refractivity contribution in [3.8, 4) is 0 Å². The lowest BCUT2D eigenvalue weighted by Gasteiger charge is -2.29. The first-order valence-corrected chi connectivity index (χ1v) is 7.68. The number of ether oxygens (including phenoxy) is 1. The van der Waals surface area contributed by atoms with Gasteiger partial charge in [-0.3, -0.25) is 0 Å². The van der Waals surface area contributed by atoms with Gasteiger partial charge in [0, 0.05) is 6.42 Å². The summed E-state index contributed by atoms with van der Waals surface area (Å²) in [7, 11) is 0. The van der Waals surface area contributed by atoms with Crippen LogP contribution in [-0.2, 0) is 11.3 Å². The Balaban J connectivity index is 1.79. The van der Waals surface area contributed by atoms with Crippen LogP contribution < -0.4 is 0 Å². The Morgan fingerprint density at radius 3 is 2.38 bits per heavy atom. The molecule has 1 aliphatic rings. The molecule has 1 nitrogen and oxygen atoms in total. The van der Waals surface area contributed by atoms with E-state index in [0.29, 0.717) is 5.92 Å². The van der Waals surface area contributed by atoms with E-state index in [9.17, 15) is 8.78 Å². The van der Waals surface area contributed by atoms with E-state index in [2.05, 4.69) is 6.58 Å². The third-order valence-electron chi connectivity index (χ3n) is 4.32. The van der Waals surface area contributed by atoms with E-state index in [-0.39, 0.29) is 18.9 Å². The van der Waals surface area contributed by atoms with E-state index in [0.717, 1.165) is 36.8 Å². The molecule has 0 amide bonds. The third-order valence-corrected chi connectivity index (χ3v) is 4.32. The average molecular weight is 294 g/mol. The van der Waals surface area contributed by atoms with Gasteiger partial charge in [-0.05, 0) is 50.0 Å². The van der Waals surface area contributed by atoms with Gasteiger partial charge in [0.1, 0.15) is 0 Å². The molecule has 21 heavy (non-hydrogen) atoms. The van der Waals surface area contributed by atoms with E-state index in [1.54, 1.807) is 0 Å². The standard InChI is InChI=1S/C18H24F2O/c1-3-15-8-10-16(11-9-15)12-18(19,20)21-13-17-6-4-14(2)5-7-17/h3-7,15-16H,1,8-13H2,2H3. The molecule has 0 spiro atoms. The summed E-state index contributed by atoms with van der Waals surface area (Å²) < 4.78 is 32.7. The van der Waals surface area contributed by atoms with E-state index in [4.69, 9.17) is 4.74 Å². The Labute approximate surface area is 126 Å². The van der Waals surface area contributed by atoms with Crippen LogP contribution in [0.15, 0.2) is 36.9 Å². The maximum absolute atomic E-state index is 13.9. The molecule has 0 aliphatic heterocycles. The largest absolute Gasteiger partial charge is 0.356 e. The lowest BCUT2D eigenvalue weighted by molar-refractivity contribution is -0.256. The van der Waals surface area contributed by atoms with Gasteiger partial charge in [-0.1, -0.05) is 35.9 Å². The molecule has 1 fully saturated rings. The van der Waals surface area contributed by atoms with Crippen LogP contribution in [0, 0.1) is 18.8 Å². The van der Waals surface area contributed by atoms with Crippen molar-refractivity contribution in [1.29, 1.82) is 0 Å². The van der Waals surface area contributed by atoms with E-state index < -0.39 is 6.11 Å². The second-order valence-electron chi connectivity index (χ2n) is 6.13. The quantitative estimate of drug-likeness (QED) is 0.631. The van der Waals surface area contributed by atoms with Crippen LogP contribution in [0.5, 0.6) is 0 Å². The molecule has 116 valence electrons. The summed E-state index contributed by atoms with van der Waals surface area (Å²) in [6, 6.07) is 7.49. The fraction of sp³-hybridized carbons (Fsp3) is 0.556. The van der Waals surface area contributed by atoms with Crippen molar-refractivity contribution < 1.29 is 13.5 Å². The summed E-state index contributed by atoms with van der Waals surface area (Å²) >= 11 is 0. The number of hydrogen-bond acceptors (Lipinski definition) is 1. The smallest absolute Gasteiger partial charge is 0.316 e. The second kappa shape index (κ2) is 7.17. The zero-order chi connectivity index (χ0) is 15.3. The highest BCUT2D eigenvalue weighted by atomic mass is 19.3. The number of rotatable bonds is 6. The number of hydrogen-bond donors (Lipinski definition) is 0. The summed E-state index contributed by atoms with van der Waals surface area (Å²) in [6.07, 6.45) is 2.40. The fourth-order valence-corrected chi connectivity index (χ4v) is 2.90. The summed E-state index contributed by atoms with van der Waals surface area (Å²) in [5.41, 5.74) is 1.90. The molecule has 0 aromatic heterocycles. The molecular formula is C18H24F2O. The number of alkyl halides is 2. The second-order valence-corrected chi connectivity index (χ2v) is 6.13. The fourth-order valence-electron chi connectivity index (χ4n) is 2.90. The molecule has 0 heterocycles. The highest BCUT2D eigenvalue weighted by Gasteiger charge is 2.35. The number of aryl methyl sites for hydroxylation is 1. The summed E-state index contributed by atoms with van der Waals surface area (Å²) in [5, 5.41) is 0. The molecule has 0 radical (unpaired) electrons. The van der Waals surface area contributed by atoms with Crippen molar-refractivity contribution in [3.05, 3.63) is 48.0 Å². The minimum atomic E-state index is -3.03. The van der Waals surface area contributed by atoms with Gasteiger partial charge in [0.05, 0.1) is 6.61 Å². The van der Waals surface area contributed by atoms with Gasteiger partial charge in [0.25, 0.3) is 0 Å². The topological polar surface area (TPSA) is 9.23 Å². The number of allylic oxidation sites excluding steroid dienone is 1. The number of halogens is 2. The minimum Gasteiger partial charge on any atom is -0.316 e. The molecular weight excluding hydrogens is 270 g/mol. The lowest BCUT2D eigenvalue weighted by Crippen LogP contribution is -2.26. The normalized spacial score (nSPS) is 23.0. The van der Waals surface area contributed by atoms with Gasteiger partial charge >= 0.3 is 6.11 Å². The Morgan fingerprint density at radius 2 is 1.81 bits per heavy atom. The van der Waals surface area contributed by atoms with Crippen LogP contribution >= 0.6 is 0 Å². The Hall–Kier alpha value is -1.22. The average Bonchev–Trinajstić information content (AvgIpc) is 2.47. The first kappa shape index (κ1) is 16.2. The predicted octanol–water partition coefficient (Wildman–Crippen LogP) is 5.49. The van der Waals surface area contributed by atoms with Crippen LogP contribution in [0.1, 0.15) is 43.2 Å². The zero-order valence-corrected chi connectivity index (χ0v) is 12.7. The molecule has 0 atom stereocenters. The monoisotopic (exact) mass is 294 g/mol. The Bertz CT molecular complexity index is 445. The van der Waals surface area contributed by atoms with Gasteiger partial charge in [-0.25, -0.2) is 0 Å². The highest BCUT2D eigenvalue weighted by molar-refractivity contribution is 5.20. The summed E-state index contributed by atoms with van der Waals surface area (Å²) in [4.78, 5) is 0. The van der Waals surface area contributed by atoms with Gasteiger partial charge in [-0.2, -0.15) is 8.78 Å². The molecule has 2 rings (SSSR count). The maximum Gasteiger partial charge on any atom is 0.356 e. The van der Waals surface area contributed by atoms with Crippen LogP contribution in [0.3, 0.4) is 0 Å². The molecule has 0 N–H and O–H groups in total. The molecule has 1 saturated carbocycles. The van der Waals surface area contributed by atoms with Crippen molar-refractivity contribution in [2.24, 2.45) is 11.8 Å². The minimum absolute atomic E-state index is 0.0325. The van der Waals surface area contributed by atoms with Crippen molar-refractivity contribution in [2.45, 2.75) is 51.7 Å². The number of benzene rings is 1. The van der Waals surface area contributed by atoms with Crippen LogP contribution in [-0.4, -0.2) is 6.11 Å². The Kier molecular flexibility index (Phi) is 5.51. The van der Waals surface area contributed by atoms with Crippen LogP contribution in [0.2, 0.25) is 0 Å². The molecule has 0 saturated heterocycles. The van der Waals surface area contributed by atoms with Gasteiger partial charge in [0.2, 0.25) is 0 Å². The van der Waals surface area contributed by atoms with Crippen molar-refractivity contribution in [2.75, 3.05) is 0 Å². The zero-order valence-electron chi connectivity index (χ0n) is 12.7. The molecule has 0 bridgehead atoms.